The summed E-state index contributed by atoms with van der Waals surface area (Å²) < 4.78 is 43.1. The third-order valence-corrected chi connectivity index (χ3v) is 2.16. The predicted octanol–water partition coefficient (Wildman–Crippen LogP) is 3.07. The van der Waals surface area contributed by atoms with Gasteiger partial charge in [0.15, 0.2) is 0 Å². The molecule has 1 aromatic rings. The first-order chi connectivity index (χ1) is 8.88. The molecular weight excluding hydrogens is 259 g/mol. The van der Waals surface area contributed by atoms with Crippen molar-refractivity contribution >= 4 is 11.5 Å². The molecular formula is C13H10F3NO2. The third-order valence-electron chi connectivity index (χ3n) is 2.16. The van der Waals surface area contributed by atoms with E-state index in [1.807, 2.05) is 0 Å². The van der Waals surface area contributed by atoms with Gasteiger partial charge in [-0.1, -0.05) is 12.1 Å². The van der Waals surface area contributed by atoms with E-state index in [-0.39, 0.29) is 17.7 Å². The number of ether oxygens (including phenoxy) is 1. The van der Waals surface area contributed by atoms with Gasteiger partial charge in [-0.15, -0.1) is 0 Å². The van der Waals surface area contributed by atoms with Crippen LogP contribution in [0.25, 0.3) is 5.57 Å². The number of carbonyl (C=O) groups is 1. The second-order valence-electron chi connectivity index (χ2n) is 3.50. The molecule has 0 heterocycles. The first-order valence-corrected chi connectivity index (χ1v) is 5.34. The zero-order valence-corrected chi connectivity index (χ0v) is 9.99. The molecule has 0 saturated carbocycles. The van der Waals surface area contributed by atoms with E-state index in [0.717, 1.165) is 6.07 Å². The van der Waals surface area contributed by atoms with Gasteiger partial charge in [-0.3, -0.25) is 0 Å². The number of hydrogen-bond donors (Lipinski definition) is 0. The third kappa shape index (κ3) is 4.14. The van der Waals surface area contributed by atoms with Crippen LogP contribution in [-0.2, 0) is 9.53 Å². The van der Waals surface area contributed by atoms with Crippen molar-refractivity contribution in [3.8, 4) is 6.07 Å². The summed E-state index contributed by atoms with van der Waals surface area (Å²) in [6, 6.07) is 6.68. The van der Waals surface area contributed by atoms with Crippen LogP contribution in [0.1, 0.15) is 18.1 Å². The summed E-state index contributed by atoms with van der Waals surface area (Å²) in [5, 5.41) is 8.67. The molecule has 0 aliphatic rings. The Morgan fingerprint density at radius 2 is 2.16 bits per heavy atom. The fraction of sp³-hybridized carbons (Fsp3) is 0.231. The Kier molecular flexibility index (Phi) is 4.70. The molecule has 6 heteroatoms. The zero-order chi connectivity index (χ0) is 14.5. The van der Waals surface area contributed by atoms with Crippen LogP contribution in [0.5, 0.6) is 0 Å². The van der Waals surface area contributed by atoms with Crippen molar-refractivity contribution in [2.45, 2.75) is 13.1 Å². The molecule has 0 spiro atoms. The van der Waals surface area contributed by atoms with Crippen molar-refractivity contribution in [2.24, 2.45) is 0 Å². The van der Waals surface area contributed by atoms with Crippen LogP contribution in [-0.4, -0.2) is 18.8 Å². The van der Waals surface area contributed by atoms with Gasteiger partial charge in [0.05, 0.1) is 23.8 Å². The van der Waals surface area contributed by atoms with Gasteiger partial charge in [-0.2, -0.15) is 18.4 Å². The van der Waals surface area contributed by atoms with Crippen molar-refractivity contribution in [2.75, 3.05) is 6.61 Å². The Labute approximate surface area is 107 Å². The van der Waals surface area contributed by atoms with E-state index in [9.17, 15) is 18.0 Å². The zero-order valence-electron chi connectivity index (χ0n) is 9.99. The topological polar surface area (TPSA) is 50.1 Å². The van der Waals surface area contributed by atoms with Crippen LogP contribution in [0.15, 0.2) is 30.3 Å². The van der Waals surface area contributed by atoms with E-state index in [0.29, 0.717) is 6.08 Å². The van der Waals surface area contributed by atoms with E-state index < -0.39 is 17.7 Å². The lowest BCUT2D eigenvalue weighted by Gasteiger charge is -2.12. The van der Waals surface area contributed by atoms with E-state index in [1.165, 1.54) is 25.1 Å². The molecule has 0 aromatic heterocycles. The molecule has 0 atom stereocenters. The van der Waals surface area contributed by atoms with Gasteiger partial charge in [-0.25, -0.2) is 4.79 Å². The number of nitrogens with zero attached hydrogens (tertiary/aromatic N) is 1. The predicted molar refractivity (Wildman–Crippen MR) is 61.8 cm³/mol. The summed E-state index contributed by atoms with van der Waals surface area (Å²) in [4.78, 5) is 11.2. The molecule has 1 aromatic carbocycles. The van der Waals surface area contributed by atoms with Crippen LogP contribution in [0.3, 0.4) is 0 Å². The van der Waals surface area contributed by atoms with Crippen LogP contribution in [0, 0.1) is 11.3 Å². The monoisotopic (exact) mass is 269 g/mol. The van der Waals surface area contributed by atoms with E-state index in [2.05, 4.69) is 4.74 Å². The first kappa shape index (κ1) is 14.8. The lowest BCUT2D eigenvalue weighted by molar-refractivity contribution is -0.137. The fourth-order valence-electron chi connectivity index (χ4n) is 1.39. The van der Waals surface area contributed by atoms with Gasteiger partial charge in [0.25, 0.3) is 0 Å². The van der Waals surface area contributed by atoms with Crippen molar-refractivity contribution in [1.82, 2.24) is 0 Å². The lowest BCUT2D eigenvalue weighted by atomic mass is 10.0. The average molecular weight is 269 g/mol. The van der Waals surface area contributed by atoms with E-state index in [1.54, 1.807) is 6.07 Å². The minimum absolute atomic E-state index is 0.0152. The highest BCUT2D eigenvalue weighted by Gasteiger charge is 2.35. The summed E-state index contributed by atoms with van der Waals surface area (Å²) in [6.45, 7) is 1.48. The van der Waals surface area contributed by atoms with E-state index >= 15 is 0 Å². The van der Waals surface area contributed by atoms with Gasteiger partial charge < -0.3 is 4.74 Å². The number of esters is 1. The fourth-order valence-corrected chi connectivity index (χ4v) is 1.39. The molecule has 0 fully saturated rings. The van der Waals surface area contributed by atoms with Crippen LogP contribution in [0.2, 0.25) is 0 Å². The van der Waals surface area contributed by atoms with E-state index in [4.69, 9.17) is 5.26 Å². The lowest BCUT2D eigenvalue weighted by Crippen LogP contribution is -2.13. The van der Waals surface area contributed by atoms with Gasteiger partial charge in [0, 0.05) is 6.08 Å². The highest BCUT2D eigenvalue weighted by atomic mass is 19.4. The van der Waals surface area contributed by atoms with Crippen LogP contribution < -0.4 is 0 Å². The molecule has 1 rings (SSSR count). The van der Waals surface area contributed by atoms with Crippen LogP contribution >= 0.6 is 0 Å². The average Bonchev–Trinajstić information content (AvgIpc) is 2.35. The summed E-state index contributed by atoms with van der Waals surface area (Å²) >= 11 is 0. The van der Waals surface area contributed by atoms with Gasteiger partial charge in [0.1, 0.15) is 0 Å². The maximum absolute atomic E-state index is 12.9. The first-order valence-electron chi connectivity index (χ1n) is 5.34. The number of rotatable bonds is 3. The van der Waals surface area contributed by atoms with Gasteiger partial charge in [0.2, 0.25) is 0 Å². The molecule has 100 valence electrons. The minimum atomic E-state index is -4.71. The SMILES string of the molecule is CCOC(=O)C=C(c1cccc(C#N)c1)C(F)(F)F. The smallest absolute Gasteiger partial charge is 0.417 e. The van der Waals surface area contributed by atoms with Gasteiger partial charge >= 0.3 is 12.1 Å². The molecule has 0 unspecified atom stereocenters. The number of halogens is 3. The number of alkyl halides is 3. The minimum Gasteiger partial charge on any atom is -0.463 e. The Bertz CT molecular complexity index is 542. The molecule has 0 saturated heterocycles. The summed E-state index contributed by atoms with van der Waals surface area (Å²) in [5.74, 6) is -1.07. The quantitative estimate of drug-likeness (QED) is 0.626. The summed E-state index contributed by atoms with van der Waals surface area (Å²) in [7, 11) is 0. The second-order valence-corrected chi connectivity index (χ2v) is 3.50. The Morgan fingerprint density at radius 1 is 1.47 bits per heavy atom. The molecule has 0 amide bonds. The molecule has 3 nitrogen and oxygen atoms in total. The molecule has 0 N–H and O–H groups in total. The standard InChI is InChI=1S/C13H10F3NO2/c1-2-19-12(18)7-11(13(14,15)16)10-5-3-4-9(6-10)8-17/h3-7H,2H2,1H3. The molecule has 0 aliphatic carbocycles. The molecule has 19 heavy (non-hydrogen) atoms. The number of carbonyl (C=O) groups excluding carboxylic acids is 1. The molecule has 0 bridgehead atoms. The largest absolute Gasteiger partial charge is 0.463 e. The molecule has 0 radical (unpaired) electrons. The van der Waals surface area contributed by atoms with Crippen molar-refractivity contribution in [3.63, 3.8) is 0 Å². The number of nitriles is 1. The maximum atomic E-state index is 12.9. The number of benzene rings is 1. The molecule has 0 aliphatic heterocycles. The Hall–Kier alpha value is -2.29. The Morgan fingerprint density at radius 3 is 2.68 bits per heavy atom. The Balaban J connectivity index is 3.25. The van der Waals surface area contributed by atoms with Crippen molar-refractivity contribution in [3.05, 3.63) is 41.5 Å². The van der Waals surface area contributed by atoms with Crippen molar-refractivity contribution < 1.29 is 22.7 Å². The number of hydrogen-bond acceptors (Lipinski definition) is 3. The second kappa shape index (κ2) is 6.05. The van der Waals surface area contributed by atoms with Crippen LogP contribution in [0.4, 0.5) is 13.2 Å². The highest BCUT2D eigenvalue weighted by molar-refractivity contribution is 5.92. The highest BCUT2D eigenvalue weighted by Crippen LogP contribution is 2.34. The van der Waals surface area contributed by atoms with Gasteiger partial charge in [-0.05, 0) is 24.6 Å². The van der Waals surface area contributed by atoms with Crippen molar-refractivity contribution in [1.29, 1.82) is 5.26 Å². The normalized spacial score (nSPS) is 11.8. The summed E-state index contributed by atoms with van der Waals surface area (Å²) in [6.07, 6.45) is -4.32. The maximum Gasteiger partial charge on any atom is 0.417 e. The summed E-state index contributed by atoms with van der Waals surface area (Å²) in [5.41, 5.74) is -1.31. The number of allylic oxidation sites excluding steroid dienone is 1.